The molecule has 0 aliphatic rings. The quantitative estimate of drug-likeness (QED) is 0.490. The molecule has 1 heterocycles. The Morgan fingerprint density at radius 2 is 1.38 bits per heavy atom. The summed E-state index contributed by atoms with van der Waals surface area (Å²) in [5, 5.41) is 7.46. The Kier molecular flexibility index (Phi) is 5.63. The first-order valence-corrected chi connectivity index (χ1v) is 9.48. The van der Waals surface area contributed by atoms with Crippen LogP contribution in [0.4, 0.5) is 0 Å². The smallest absolute Gasteiger partial charge is 0.244 e. The Hall–Kier alpha value is -3.92. The zero-order valence-electron chi connectivity index (χ0n) is 15.8. The number of para-hydroxylation sites is 1. The van der Waals surface area contributed by atoms with E-state index in [0.717, 1.165) is 22.4 Å². The molecule has 4 nitrogen and oxygen atoms in total. The molecule has 1 amide bonds. The molecule has 29 heavy (non-hydrogen) atoms. The van der Waals surface area contributed by atoms with Crippen LogP contribution in [0.5, 0.6) is 0 Å². The Balaban J connectivity index is 1.49. The van der Waals surface area contributed by atoms with Crippen molar-refractivity contribution in [3.05, 3.63) is 126 Å². The number of benzene rings is 3. The van der Waals surface area contributed by atoms with Gasteiger partial charge in [-0.25, -0.2) is 4.68 Å². The minimum absolute atomic E-state index is 0.157. The SMILES string of the molecule is O=C(/C=C/c1cnn(-c2ccccc2)c1)NC(c1ccccc1)c1ccccc1. The van der Waals surface area contributed by atoms with Gasteiger partial charge in [0, 0.05) is 17.8 Å². The molecule has 4 aromatic rings. The topological polar surface area (TPSA) is 46.9 Å². The zero-order chi connectivity index (χ0) is 19.9. The second-order valence-electron chi connectivity index (χ2n) is 6.65. The van der Waals surface area contributed by atoms with Crippen LogP contribution in [0.25, 0.3) is 11.8 Å². The van der Waals surface area contributed by atoms with Crippen molar-refractivity contribution in [3.8, 4) is 5.69 Å². The van der Waals surface area contributed by atoms with Crippen molar-refractivity contribution >= 4 is 12.0 Å². The molecular weight excluding hydrogens is 358 g/mol. The summed E-state index contributed by atoms with van der Waals surface area (Å²) in [7, 11) is 0. The Morgan fingerprint density at radius 1 is 0.828 bits per heavy atom. The summed E-state index contributed by atoms with van der Waals surface area (Å²) >= 11 is 0. The van der Waals surface area contributed by atoms with E-state index in [9.17, 15) is 4.79 Å². The van der Waals surface area contributed by atoms with E-state index in [1.54, 1.807) is 23.0 Å². The highest BCUT2D eigenvalue weighted by molar-refractivity contribution is 5.92. The maximum Gasteiger partial charge on any atom is 0.244 e. The second kappa shape index (κ2) is 8.85. The van der Waals surface area contributed by atoms with Crippen molar-refractivity contribution in [2.24, 2.45) is 0 Å². The first-order chi connectivity index (χ1) is 14.3. The lowest BCUT2D eigenvalue weighted by molar-refractivity contribution is -0.116. The average Bonchev–Trinajstić information content (AvgIpc) is 3.27. The highest BCUT2D eigenvalue weighted by Crippen LogP contribution is 2.21. The number of nitrogens with zero attached hydrogens (tertiary/aromatic N) is 2. The van der Waals surface area contributed by atoms with Gasteiger partial charge in [-0.15, -0.1) is 0 Å². The van der Waals surface area contributed by atoms with Crippen LogP contribution in [-0.4, -0.2) is 15.7 Å². The fraction of sp³-hybridized carbons (Fsp3) is 0.0400. The molecule has 3 aromatic carbocycles. The molecule has 0 radical (unpaired) electrons. The minimum Gasteiger partial charge on any atom is -0.342 e. The van der Waals surface area contributed by atoms with Crippen molar-refractivity contribution in [2.75, 3.05) is 0 Å². The van der Waals surface area contributed by atoms with Crippen LogP contribution in [0.15, 0.2) is 109 Å². The van der Waals surface area contributed by atoms with Crippen LogP contribution < -0.4 is 5.32 Å². The normalized spacial score (nSPS) is 11.1. The van der Waals surface area contributed by atoms with Gasteiger partial charge in [-0.05, 0) is 29.3 Å². The Bertz CT molecular complexity index is 1050. The second-order valence-corrected chi connectivity index (χ2v) is 6.65. The van der Waals surface area contributed by atoms with Crippen molar-refractivity contribution in [2.45, 2.75) is 6.04 Å². The largest absolute Gasteiger partial charge is 0.342 e. The summed E-state index contributed by atoms with van der Waals surface area (Å²) in [6, 6.07) is 29.6. The lowest BCUT2D eigenvalue weighted by Crippen LogP contribution is -2.27. The molecule has 0 aliphatic heterocycles. The van der Waals surface area contributed by atoms with E-state index in [-0.39, 0.29) is 11.9 Å². The van der Waals surface area contributed by atoms with Crippen molar-refractivity contribution in [3.63, 3.8) is 0 Å². The van der Waals surface area contributed by atoms with Gasteiger partial charge >= 0.3 is 0 Å². The number of rotatable bonds is 6. The molecule has 4 rings (SSSR count). The molecule has 0 spiro atoms. The third kappa shape index (κ3) is 4.68. The van der Waals surface area contributed by atoms with E-state index in [0.29, 0.717) is 0 Å². The van der Waals surface area contributed by atoms with Crippen molar-refractivity contribution < 1.29 is 4.79 Å². The summed E-state index contributed by atoms with van der Waals surface area (Å²) in [4.78, 5) is 12.6. The van der Waals surface area contributed by atoms with E-state index >= 15 is 0 Å². The van der Waals surface area contributed by atoms with E-state index in [4.69, 9.17) is 0 Å². The summed E-state index contributed by atoms with van der Waals surface area (Å²) in [6.45, 7) is 0. The number of nitrogens with one attached hydrogen (secondary N) is 1. The fourth-order valence-corrected chi connectivity index (χ4v) is 3.16. The highest BCUT2D eigenvalue weighted by Gasteiger charge is 2.15. The van der Waals surface area contributed by atoms with Gasteiger partial charge in [-0.1, -0.05) is 78.9 Å². The van der Waals surface area contributed by atoms with Crippen LogP contribution in [0.1, 0.15) is 22.7 Å². The van der Waals surface area contributed by atoms with Crippen LogP contribution in [0.2, 0.25) is 0 Å². The molecule has 0 saturated carbocycles. The number of amides is 1. The average molecular weight is 379 g/mol. The van der Waals surface area contributed by atoms with E-state index in [1.165, 1.54) is 0 Å². The maximum absolute atomic E-state index is 12.6. The van der Waals surface area contributed by atoms with Gasteiger partial charge < -0.3 is 5.32 Å². The molecule has 0 atom stereocenters. The molecule has 0 aliphatic carbocycles. The van der Waals surface area contributed by atoms with Gasteiger partial charge in [0.1, 0.15) is 0 Å². The first kappa shape index (κ1) is 18.4. The molecule has 1 aromatic heterocycles. The molecule has 0 saturated heterocycles. The molecular formula is C25H21N3O. The zero-order valence-corrected chi connectivity index (χ0v) is 15.8. The van der Waals surface area contributed by atoms with Gasteiger partial charge in [-0.2, -0.15) is 5.10 Å². The monoisotopic (exact) mass is 379 g/mol. The minimum atomic E-state index is -0.207. The van der Waals surface area contributed by atoms with Gasteiger partial charge in [0.2, 0.25) is 5.91 Å². The van der Waals surface area contributed by atoms with E-state index in [1.807, 2.05) is 97.2 Å². The third-order valence-electron chi connectivity index (χ3n) is 4.60. The first-order valence-electron chi connectivity index (χ1n) is 9.48. The summed E-state index contributed by atoms with van der Waals surface area (Å²) in [5.74, 6) is -0.157. The van der Waals surface area contributed by atoms with Gasteiger partial charge in [0.25, 0.3) is 0 Å². The van der Waals surface area contributed by atoms with Gasteiger partial charge in [0.05, 0.1) is 17.9 Å². The predicted octanol–water partition coefficient (Wildman–Crippen LogP) is 4.79. The molecule has 0 bridgehead atoms. The fourth-order valence-electron chi connectivity index (χ4n) is 3.16. The number of aromatic nitrogens is 2. The lowest BCUT2D eigenvalue weighted by atomic mass is 9.99. The number of carbonyl (C=O) groups excluding carboxylic acids is 1. The molecule has 4 heteroatoms. The molecule has 1 N–H and O–H groups in total. The van der Waals surface area contributed by atoms with E-state index in [2.05, 4.69) is 10.4 Å². The number of carbonyl (C=O) groups is 1. The Labute approximate surface area is 170 Å². The standard InChI is InChI=1S/C25H21N3O/c29-24(17-16-20-18-26-28(19-20)23-14-8-3-9-15-23)27-25(21-10-4-1-5-11-21)22-12-6-2-7-13-22/h1-19,25H,(H,27,29)/b17-16+. The molecule has 0 unspecified atom stereocenters. The van der Waals surface area contributed by atoms with E-state index < -0.39 is 0 Å². The summed E-state index contributed by atoms with van der Waals surface area (Å²) in [5.41, 5.74) is 3.92. The van der Waals surface area contributed by atoms with Crippen LogP contribution in [-0.2, 0) is 4.79 Å². The highest BCUT2D eigenvalue weighted by atomic mass is 16.1. The predicted molar refractivity (Wildman–Crippen MR) is 115 cm³/mol. The summed E-state index contributed by atoms with van der Waals surface area (Å²) < 4.78 is 1.79. The molecule has 0 fully saturated rings. The van der Waals surface area contributed by atoms with Crippen LogP contribution in [0, 0.1) is 0 Å². The van der Waals surface area contributed by atoms with Gasteiger partial charge in [0.15, 0.2) is 0 Å². The van der Waals surface area contributed by atoms with Crippen LogP contribution in [0.3, 0.4) is 0 Å². The van der Waals surface area contributed by atoms with Crippen molar-refractivity contribution in [1.29, 1.82) is 0 Å². The van der Waals surface area contributed by atoms with Crippen LogP contribution >= 0.6 is 0 Å². The van der Waals surface area contributed by atoms with Crippen molar-refractivity contribution in [1.82, 2.24) is 15.1 Å². The molecule has 142 valence electrons. The number of hydrogen-bond donors (Lipinski definition) is 1. The Morgan fingerprint density at radius 3 is 1.97 bits per heavy atom. The van der Waals surface area contributed by atoms with Gasteiger partial charge in [-0.3, -0.25) is 4.79 Å². The third-order valence-corrected chi connectivity index (χ3v) is 4.60. The number of hydrogen-bond acceptors (Lipinski definition) is 2. The maximum atomic E-state index is 12.6. The summed E-state index contributed by atoms with van der Waals surface area (Å²) in [6.07, 6.45) is 6.95. The lowest BCUT2D eigenvalue weighted by Gasteiger charge is -2.19.